The second kappa shape index (κ2) is 5.84. The first-order valence-electron chi connectivity index (χ1n) is 4.68. The van der Waals surface area contributed by atoms with Gasteiger partial charge in [0, 0.05) is 12.8 Å². The molecule has 0 saturated carbocycles. The highest BCUT2D eigenvalue weighted by Gasteiger charge is 2.24. The van der Waals surface area contributed by atoms with Crippen molar-refractivity contribution in [2.24, 2.45) is 5.92 Å². The summed E-state index contributed by atoms with van der Waals surface area (Å²) in [6, 6.07) is 0. The number of alkyl halides is 1. The van der Waals surface area contributed by atoms with Crippen LogP contribution in [0.3, 0.4) is 0 Å². The summed E-state index contributed by atoms with van der Waals surface area (Å²) >= 11 is 0. The fraction of sp³-hybridized carbons (Fsp3) is 0.800. The zero-order chi connectivity index (χ0) is 10.4. The SMILES string of the molecule is CCCC(=O)C(F)C(=O)CC(C)C. The van der Waals surface area contributed by atoms with Crippen molar-refractivity contribution in [2.45, 2.75) is 46.2 Å². The Morgan fingerprint density at radius 3 is 2.15 bits per heavy atom. The maximum absolute atomic E-state index is 13.0. The second-order valence-corrected chi connectivity index (χ2v) is 3.64. The van der Waals surface area contributed by atoms with Crippen molar-refractivity contribution in [2.75, 3.05) is 0 Å². The van der Waals surface area contributed by atoms with E-state index in [1.807, 2.05) is 13.8 Å². The van der Waals surface area contributed by atoms with Gasteiger partial charge in [0.15, 0.2) is 11.6 Å². The lowest BCUT2D eigenvalue weighted by atomic mass is 10.0. The predicted molar refractivity (Wildman–Crippen MR) is 49.3 cm³/mol. The normalized spacial score (nSPS) is 13.0. The van der Waals surface area contributed by atoms with Gasteiger partial charge in [0.1, 0.15) is 0 Å². The third-order valence-electron chi connectivity index (χ3n) is 1.67. The minimum Gasteiger partial charge on any atom is -0.296 e. The number of carbonyl (C=O) groups is 2. The minimum absolute atomic E-state index is 0.111. The van der Waals surface area contributed by atoms with E-state index >= 15 is 0 Å². The molecule has 0 N–H and O–H groups in total. The van der Waals surface area contributed by atoms with Gasteiger partial charge in [-0.2, -0.15) is 0 Å². The Bertz CT molecular complexity index is 187. The highest BCUT2D eigenvalue weighted by atomic mass is 19.1. The maximum Gasteiger partial charge on any atom is 0.216 e. The quantitative estimate of drug-likeness (QED) is 0.599. The third-order valence-corrected chi connectivity index (χ3v) is 1.67. The van der Waals surface area contributed by atoms with E-state index in [4.69, 9.17) is 0 Å². The van der Waals surface area contributed by atoms with Crippen molar-refractivity contribution in [1.82, 2.24) is 0 Å². The Balaban J connectivity index is 4.01. The molecule has 0 aliphatic heterocycles. The Kier molecular flexibility index (Phi) is 5.51. The lowest BCUT2D eigenvalue weighted by molar-refractivity contribution is -0.134. The van der Waals surface area contributed by atoms with E-state index in [-0.39, 0.29) is 18.8 Å². The Hall–Kier alpha value is -0.730. The molecule has 0 saturated heterocycles. The Labute approximate surface area is 78.5 Å². The van der Waals surface area contributed by atoms with E-state index in [0.29, 0.717) is 6.42 Å². The molecule has 0 rings (SSSR count). The van der Waals surface area contributed by atoms with Crippen LogP contribution in [0.2, 0.25) is 0 Å². The van der Waals surface area contributed by atoms with Crippen molar-refractivity contribution < 1.29 is 14.0 Å². The molecule has 76 valence electrons. The molecule has 0 aromatic heterocycles. The minimum atomic E-state index is -1.89. The summed E-state index contributed by atoms with van der Waals surface area (Å²) in [5, 5.41) is 0. The van der Waals surface area contributed by atoms with Gasteiger partial charge in [0.25, 0.3) is 0 Å². The summed E-state index contributed by atoms with van der Waals surface area (Å²) in [7, 11) is 0. The van der Waals surface area contributed by atoms with Crippen LogP contribution in [0.15, 0.2) is 0 Å². The van der Waals surface area contributed by atoms with Crippen LogP contribution in [0.4, 0.5) is 4.39 Å². The van der Waals surface area contributed by atoms with Crippen molar-refractivity contribution in [1.29, 1.82) is 0 Å². The molecule has 0 aromatic rings. The standard InChI is InChI=1S/C10H17FO2/c1-4-5-8(12)10(11)9(13)6-7(2)3/h7,10H,4-6H2,1-3H3. The Morgan fingerprint density at radius 2 is 1.77 bits per heavy atom. The first kappa shape index (κ1) is 12.3. The van der Waals surface area contributed by atoms with Gasteiger partial charge in [-0.1, -0.05) is 20.8 Å². The van der Waals surface area contributed by atoms with E-state index in [9.17, 15) is 14.0 Å². The first-order valence-corrected chi connectivity index (χ1v) is 4.68. The lowest BCUT2D eigenvalue weighted by Crippen LogP contribution is -2.26. The molecule has 0 spiro atoms. The van der Waals surface area contributed by atoms with Crippen LogP contribution < -0.4 is 0 Å². The Morgan fingerprint density at radius 1 is 1.23 bits per heavy atom. The molecule has 0 amide bonds. The highest BCUT2D eigenvalue weighted by molar-refractivity contribution is 6.05. The number of Topliss-reactive ketones (excluding diaryl/α,β-unsaturated/α-hetero) is 2. The monoisotopic (exact) mass is 188 g/mol. The molecule has 2 nitrogen and oxygen atoms in total. The summed E-state index contributed by atoms with van der Waals surface area (Å²) < 4.78 is 13.0. The zero-order valence-electron chi connectivity index (χ0n) is 8.47. The summed E-state index contributed by atoms with van der Waals surface area (Å²) in [6.07, 6.45) is -0.988. The largest absolute Gasteiger partial charge is 0.296 e. The van der Waals surface area contributed by atoms with Crippen LogP contribution in [-0.2, 0) is 9.59 Å². The molecule has 3 heteroatoms. The van der Waals surface area contributed by atoms with Crippen molar-refractivity contribution >= 4 is 11.6 Å². The average molecular weight is 188 g/mol. The van der Waals surface area contributed by atoms with Crippen LogP contribution in [0, 0.1) is 5.92 Å². The molecular formula is C10H17FO2. The fourth-order valence-electron chi connectivity index (χ4n) is 1.06. The molecule has 0 radical (unpaired) electrons. The molecule has 0 aromatic carbocycles. The number of rotatable bonds is 6. The van der Waals surface area contributed by atoms with Gasteiger partial charge in [0.2, 0.25) is 6.17 Å². The molecule has 0 aliphatic carbocycles. The van der Waals surface area contributed by atoms with E-state index < -0.39 is 17.7 Å². The molecule has 1 unspecified atom stereocenters. The smallest absolute Gasteiger partial charge is 0.216 e. The van der Waals surface area contributed by atoms with Crippen LogP contribution >= 0.6 is 0 Å². The van der Waals surface area contributed by atoms with Gasteiger partial charge >= 0.3 is 0 Å². The molecule has 0 bridgehead atoms. The van der Waals surface area contributed by atoms with E-state index in [0.717, 1.165) is 0 Å². The molecule has 1 atom stereocenters. The van der Waals surface area contributed by atoms with Gasteiger partial charge in [-0.15, -0.1) is 0 Å². The van der Waals surface area contributed by atoms with Crippen LogP contribution in [0.5, 0.6) is 0 Å². The highest BCUT2D eigenvalue weighted by Crippen LogP contribution is 2.08. The first-order chi connectivity index (χ1) is 5.99. The second-order valence-electron chi connectivity index (χ2n) is 3.64. The summed E-state index contributed by atoms with van der Waals surface area (Å²) in [5.74, 6) is -1.04. The number of carbonyl (C=O) groups excluding carboxylic acids is 2. The fourth-order valence-corrected chi connectivity index (χ4v) is 1.06. The van der Waals surface area contributed by atoms with E-state index in [1.165, 1.54) is 0 Å². The average Bonchev–Trinajstić information content (AvgIpc) is 2.02. The van der Waals surface area contributed by atoms with Gasteiger partial charge in [-0.05, 0) is 12.3 Å². The summed E-state index contributed by atoms with van der Waals surface area (Å²) in [4.78, 5) is 22.0. The van der Waals surface area contributed by atoms with E-state index in [1.54, 1.807) is 6.92 Å². The topological polar surface area (TPSA) is 34.1 Å². The lowest BCUT2D eigenvalue weighted by Gasteiger charge is -2.07. The molecule has 13 heavy (non-hydrogen) atoms. The van der Waals surface area contributed by atoms with Crippen LogP contribution in [-0.4, -0.2) is 17.7 Å². The third kappa shape index (κ3) is 4.76. The van der Waals surface area contributed by atoms with Crippen LogP contribution in [0.25, 0.3) is 0 Å². The van der Waals surface area contributed by atoms with Gasteiger partial charge in [-0.25, -0.2) is 4.39 Å². The van der Waals surface area contributed by atoms with Gasteiger partial charge in [-0.3, -0.25) is 9.59 Å². The van der Waals surface area contributed by atoms with Gasteiger partial charge < -0.3 is 0 Å². The molecule has 0 aliphatic rings. The molecule has 0 fully saturated rings. The van der Waals surface area contributed by atoms with Crippen molar-refractivity contribution in [3.05, 3.63) is 0 Å². The van der Waals surface area contributed by atoms with Crippen molar-refractivity contribution in [3.63, 3.8) is 0 Å². The summed E-state index contributed by atoms with van der Waals surface area (Å²) in [5.41, 5.74) is 0. The van der Waals surface area contributed by atoms with Crippen LogP contribution in [0.1, 0.15) is 40.0 Å². The summed E-state index contributed by atoms with van der Waals surface area (Å²) in [6.45, 7) is 5.45. The molecule has 0 heterocycles. The van der Waals surface area contributed by atoms with E-state index in [2.05, 4.69) is 0 Å². The number of hydrogen-bond acceptors (Lipinski definition) is 2. The predicted octanol–water partition coefficient (Wildman–Crippen LogP) is 2.31. The zero-order valence-corrected chi connectivity index (χ0v) is 8.47. The maximum atomic E-state index is 13.0. The molecular weight excluding hydrogens is 171 g/mol. The number of halogens is 1. The van der Waals surface area contributed by atoms with Crippen molar-refractivity contribution in [3.8, 4) is 0 Å². The number of hydrogen-bond donors (Lipinski definition) is 0. The van der Waals surface area contributed by atoms with Gasteiger partial charge in [0.05, 0.1) is 0 Å². The number of ketones is 2.